The standard InChI is InChI=1S/C46H44Cl2N4O7/c1-58-30-14-11-27(12-15-30)46-34(43(55)52(45(46)57)49-36-18-13-28(47)23-35(36)48)24-33-31(41(46)40-37(53)9-6-10-38(40)59-2)16-17-32-39(33)44(56)51(42(32)54)29-19-21-50(22-20-29)25-26-7-4-3-5-8-26/h3-16,18,23,29,32-34,39,41,49,53H,17,19-22,24-25H2,1-2H3/t32-,33+,34-,39-,41+,46+/m0/s1. The normalized spacial score (nSPS) is 27.0. The van der Waals surface area contributed by atoms with E-state index in [1.54, 1.807) is 55.6 Å². The van der Waals surface area contributed by atoms with Crippen LogP contribution < -0.4 is 14.9 Å². The summed E-state index contributed by atoms with van der Waals surface area (Å²) in [6.07, 6.45) is 3.67. The van der Waals surface area contributed by atoms with Crippen LogP contribution in [0.4, 0.5) is 5.69 Å². The number of nitrogens with zero attached hydrogens (tertiary/aromatic N) is 3. The first-order valence-electron chi connectivity index (χ1n) is 20.0. The number of imide groups is 2. The molecule has 0 aromatic heterocycles. The Morgan fingerprint density at radius 3 is 2.27 bits per heavy atom. The number of piperidine rings is 1. The van der Waals surface area contributed by atoms with Gasteiger partial charge in [-0.2, -0.15) is 5.01 Å². The van der Waals surface area contributed by atoms with Crippen LogP contribution >= 0.6 is 23.2 Å². The number of fused-ring (bicyclic) bond motifs is 4. The van der Waals surface area contributed by atoms with Gasteiger partial charge in [0.05, 0.1) is 48.1 Å². The molecule has 6 atom stereocenters. The highest BCUT2D eigenvalue weighted by molar-refractivity contribution is 6.36. The second-order valence-electron chi connectivity index (χ2n) is 16.1. The van der Waals surface area contributed by atoms with Gasteiger partial charge in [0.1, 0.15) is 17.2 Å². The molecule has 2 N–H and O–H groups in total. The largest absolute Gasteiger partial charge is 0.508 e. The number of likely N-dealkylation sites (tertiary alicyclic amines) is 2. The smallest absolute Gasteiger partial charge is 0.260 e. The quantitative estimate of drug-likeness (QED) is 0.131. The number of anilines is 1. The lowest BCUT2D eigenvalue weighted by atomic mass is 9.49. The van der Waals surface area contributed by atoms with Crippen LogP contribution in [-0.2, 0) is 31.1 Å². The van der Waals surface area contributed by atoms with E-state index < -0.39 is 46.8 Å². The zero-order valence-electron chi connectivity index (χ0n) is 32.6. The van der Waals surface area contributed by atoms with Crippen molar-refractivity contribution < 1.29 is 33.8 Å². The van der Waals surface area contributed by atoms with Crippen LogP contribution in [0.5, 0.6) is 17.2 Å². The van der Waals surface area contributed by atoms with E-state index in [0.717, 1.165) is 24.6 Å². The number of halogens is 2. The fourth-order valence-electron chi connectivity index (χ4n) is 10.7. The zero-order valence-corrected chi connectivity index (χ0v) is 34.2. The monoisotopic (exact) mass is 834 g/mol. The number of ether oxygens (including phenoxy) is 2. The van der Waals surface area contributed by atoms with Gasteiger partial charge in [0.15, 0.2) is 0 Å². The summed E-state index contributed by atoms with van der Waals surface area (Å²) < 4.78 is 11.4. The van der Waals surface area contributed by atoms with Crippen molar-refractivity contribution in [3.63, 3.8) is 0 Å². The van der Waals surface area contributed by atoms with Gasteiger partial charge in [-0.3, -0.25) is 34.4 Å². The summed E-state index contributed by atoms with van der Waals surface area (Å²) in [5.41, 5.74) is 4.42. The topological polar surface area (TPSA) is 129 Å². The van der Waals surface area contributed by atoms with Crippen molar-refractivity contribution in [3.8, 4) is 17.2 Å². The Hall–Kier alpha value is -5.36. The van der Waals surface area contributed by atoms with Gasteiger partial charge in [0.2, 0.25) is 11.8 Å². The van der Waals surface area contributed by atoms with Gasteiger partial charge in [0.25, 0.3) is 11.8 Å². The third-order valence-electron chi connectivity index (χ3n) is 13.3. The van der Waals surface area contributed by atoms with Gasteiger partial charge in [-0.15, -0.1) is 0 Å². The van der Waals surface area contributed by atoms with Crippen molar-refractivity contribution in [2.75, 3.05) is 32.7 Å². The first-order chi connectivity index (χ1) is 28.6. The number of phenolic OH excluding ortho intramolecular Hbond substituents is 1. The number of aromatic hydroxyl groups is 1. The summed E-state index contributed by atoms with van der Waals surface area (Å²) in [4.78, 5) is 63.9. The number of hydrazine groups is 1. The summed E-state index contributed by atoms with van der Waals surface area (Å²) >= 11 is 12.8. The SMILES string of the molecule is COc1ccc([C@@]23C(=O)N(Nc4ccc(Cl)cc4Cl)C(=O)[C@@H]2C[C@@H]2C(=CC[C@@H]4C(=O)N(C5CCN(Cc6ccccc6)CC5)C(=O)[C@@H]42)[C@@H]3c2c(O)cccc2OC)cc1. The fourth-order valence-corrected chi connectivity index (χ4v) is 11.2. The molecule has 9 rings (SSSR count). The van der Waals surface area contributed by atoms with Gasteiger partial charge in [-0.05, 0) is 85.2 Å². The number of allylic oxidation sites excluding steroid dienone is 2. The molecule has 3 heterocycles. The minimum atomic E-state index is -1.65. The Morgan fingerprint density at radius 2 is 1.58 bits per heavy atom. The first kappa shape index (κ1) is 39.1. The average Bonchev–Trinajstić information content (AvgIpc) is 3.63. The predicted molar refractivity (Wildman–Crippen MR) is 222 cm³/mol. The third-order valence-corrected chi connectivity index (χ3v) is 13.9. The maximum absolute atomic E-state index is 15.6. The van der Waals surface area contributed by atoms with Crippen molar-refractivity contribution >= 4 is 52.5 Å². The van der Waals surface area contributed by atoms with Gasteiger partial charge >= 0.3 is 0 Å². The number of carbonyl (C=O) groups excluding carboxylic acids is 4. The van der Waals surface area contributed by atoms with Crippen molar-refractivity contribution in [2.45, 2.75) is 49.6 Å². The molecule has 2 aliphatic carbocycles. The zero-order chi connectivity index (χ0) is 41.2. The number of rotatable bonds is 9. The molecular weight excluding hydrogens is 791 g/mol. The Balaban J connectivity index is 1.14. The van der Waals surface area contributed by atoms with Crippen molar-refractivity contribution in [1.82, 2.24) is 14.8 Å². The minimum absolute atomic E-state index is 0.102. The van der Waals surface area contributed by atoms with Crippen molar-refractivity contribution in [3.05, 3.63) is 129 Å². The molecule has 3 aliphatic heterocycles. The highest BCUT2D eigenvalue weighted by Crippen LogP contribution is 2.66. The molecule has 4 aromatic carbocycles. The fraction of sp³-hybridized carbons (Fsp3) is 0.348. The van der Waals surface area contributed by atoms with Gasteiger partial charge in [0, 0.05) is 42.2 Å². The highest BCUT2D eigenvalue weighted by atomic mass is 35.5. The van der Waals surface area contributed by atoms with Crippen LogP contribution in [0.25, 0.3) is 0 Å². The molecule has 0 bridgehead atoms. The molecule has 13 heteroatoms. The van der Waals surface area contributed by atoms with Crippen LogP contribution in [0.1, 0.15) is 48.3 Å². The molecule has 304 valence electrons. The average molecular weight is 836 g/mol. The third kappa shape index (κ3) is 6.28. The molecule has 1 saturated carbocycles. The lowest BCUT2D eigenvalue weighted by Crippen LogP contribution is -2.53. The Morgan fingerprint density at radius 1 is 0.831 bits per heavy atom. The number of amides is 4. The molecule has 0 unspecified atom stereocenters. The second kappa shape index (κ2) is 15.3. The molecule has 4 amide bonds. The lowest BCUT2D eigenvalue weighted by molar-refractivity contribution is -0.144. The number of nitrogens with one attached hydrogen (secondary N) is 1. The van der Waals surface area contributed by atoms with E-state index in [2.05, 4.69) is 22.5 Å². The Labute approximate surface area is 352 Å². The number of hydrogen-bond donors (Lipinski definition) is 2. The number of carbonyl (C=O) groups is 4. The summed E-state index contributed by atoms with van der Waals surface area (Å²) in [6.45, 7) is 2.29. The van der Waals surface area contributed by atoms with Crippen LogP contribution in [0.2, 0.25) is 10.0 Å². The van der Waals surface area contributed by atoms with E-state index in [1.807, 2.05) is 24.3 Å². The first-order valence-corrected chi connectivity index (χ1v) is 20.8. The van der Waals surface area contributed by atoms with Crippen LogP contribution in [0, 0.1) is 23.7 Å². The maximum atomic E-state index is 15.6. The van der Waals surface area contributed by atoms with E-state index >= 15 is 9.59 Å². The minimum Gasteiger partial charge on any atom is -0.508 e. The Bertz CT molecular complexity index is 2370. The van der Waals surface area contributed by atoms with E-state index in [0.29, 0.717) is 46.1 Å². The van der Waals surface area contributed by atoms with Gasteiger partial charge < -0.3 is 14.6 Å². The molecule has 11 nitrogen and oxygen atoms in total. The molecule has 0 spiro atoms. The van der Waals surface area contributed by atoms with Gasteiger partial charge in [-0.25, -0.2) is 0 Å². The lowest BCUT2D eigenvalue weighted by Gasteiger charge is -2.50. The van der Waals surface area contributed by atoms with E-state index in [-0.39, 0.29) is 47.2 Å². The highest BCUT2D eigenvalue weighted by Gasteiger charge is 2.71. The molecule has 4 fully saturated rings. The molecule has 59 heavy (non-hydrogen) atoms. The van der Waals surface area contributed by atoms with Crippen molar-refractivity contribution in [2.24, 2.45) is 23.7 Å². The van der Waals surface area contributed by atoms with Crippen LogP contribution in [-0.4, -0.2) is 76.9 Å². The molecule has 4 aromatic rings. The number of methoxy groups -OCH3 is 2. The summed E-state index contributed by atoms with van der Waals surface area (Å²) in [5.74, 6) is -4.80. The van der Waals surface area contributed by atoms with Gasteiger partial charge in [-0.1, -0.05) is 83.4 Å². The Kier molecular flexibility index (Phi) is 10.2. The second-order valence-corrected chi connectivity index (χ2v) is 17.0. The summed E-state index contributed by atoms with van der Waals surface area (Å²) in [6, 6.07) is 26.6. The molecule has 0 radical (unpaired) electrons. The number of benzene rings is 4. The maximum Gasteiger partial charge on any atom is 0.260 e. The van der Waals surface area contributed by atoms with E-state index in [4.69, 9.17) is 32.7 Å². The molecule has 5 aliphatic rings. The van der Waals surface area contributed by atoms with Crippen LogP contribution in [0.3, 0.4) is 0 Å². The predicted octanol–water partition coefficient (Wildman–Crippen LogP) is 7.37. The summed E-state index contributed by atoms with van der Waals surface area (Å²) in [5, 5.41) is 13.4. The van der Waals surface area contributed by atoms with E-state index in [1.165, 1.54) is 29.7 Å². The van der Waals surface area contributed by atoms with E-state index in [9.17, 15) is 14.7 Å². The number of phenols is 1. The summed E-state index contributed by atoms with van der Waals surface area (Å²) in [7, 11) is 3.03. The number of hydrogen-bond acceptors (Lipinski definition) is 9. The molecular formula is C46H44Cl2N4O7. The molecule has 3 saturated heterocycles. The van der Waals surface area contributed by atoms with Crippen molar-refractivity contribution in [1.29, 1.82) is 0 Å². The van der Waals surface area contributed by atoms with Crippen LogP contribution in [0.15, 0.2) is 103 Å².